The summed E-state index contributed by atoms with van der Waals surface area (Å²) in [6.45, 7) is 7.33. The number of hydrogen-bond donors (Lipinski definition) is 2. The number of carbonyl (C=O) groups excluding carboxylic acids is 2. The molecular weight excluding hydrogens is 394 g/mol. The number of pyridine rings is 1. The third-order valence-electron chi connectivity index (χ3n) is 4.12. The Morgan fingerprint density at radius 1 is 1.23 bits per heavy atom. The van der Waals surface area contributed by atoms with Gasteiger partial charge in [-0.15, -0.1) is 0 Å². The molecule has 0 aliphatic rings. The van der Waals surface area contributed by atoms with Crippen LogP contribution in [0.4, 0.5) is 10.6 Å². The molecule has 3 N–H and O–H groups in total. The van der Waals surface area contributed by atoms with Crippen LogP contribution in [-0.4, -0.2) is 28.7 Å². The van der Waals surface area contributed by atoms with Gasteiger partial charge in [-0.25, -0.2) is 14.6 Å². The summed E-state index contributed by atoms with van der Waals surface area (Å²) in [6.07, 6.45) is 1.69. The monoisotopic (exact) mass is 423 g/mol. The highest BCUT2D eigenvalue weighted by molar-refractivity contribution is 5.81. The molecule has 0 aliphatic carbocycles. The largest absolute Gasteiger partial charge is 0.459 e. The zero-order valence-corrected chi connectivity index (χ0v) is 18.4. The second kappa shape index (κ2) is 11.0. The number of aryl methyl sites for hydroxylation is 1. The molecule has 2 aromatic rings. The normalized spacial score (nSPS) is 11.6. The Hall–Kier alpha value is -3.53. The van der Waals surface area contributed by atoms with Crippen molar-refractivity contribution < 1.29 is 19.1 Å². The van der Waals surface area contributed by atoms with Crippen molar-refractivity contribution in [1.82, 2.24) is 10.3 Å². The van der Waals surface area contributed by atoms with E-state index in [1.807, 2.05) is 37.3 Å². The number of nitrogen functional groups attached to an aromatic ring is 1. The lowest BCUT2D eigenvalue weighted by atomic mass is 10.1. The number of rotatable bonds is 6. The molecule has 0 aliphatic heterocycles. The molecule has 0 fully saturated rings. The molecule has 0 bridgehead atoms. The molecule has 164 valence electrons. The van der Waals surface area contributed by atoms with Gasteiger partial charge in [-0.1, -0.05) is 49.1 Å². The topological polar surface area (TPSA) is 104 Å². The maximum atomic E-state index is 12.6. The summed E-state index contributed by atoms with van der Waals surface area (Å²) in [5, 5.41) is 2.56. The van der Waals surface area contributed by atoms with Gasteiger partial charge in [0.05, 0.1) is 0 Å². The van der Waals surface area contributed by atoms with Gasteiger partial charge in [0.1, 0.15) is 24.1 Å². The van der Waals surface area contributed by atoms with E-state index in [-0.39, 0.29) is 13.0 Å². The summed E-state index contributed by atoms with van der Waals surface area (Å²) in [5.74, 6) is 5.78. The fourth-order valence-corrected chi connectivity index (χ4v) is 2.64. The van der Waals surface area contributed by atoms with Crippen LogP contribution in [0.3, 0.4) is 0 Å². The fraction of sp³-hybridized carbons (Fsp3) is 0.375. The average Bonchev–Trinajstić information content (AvgIpc) is 2.71. The van der Waals surface area contributed by atoms with E-state index in [0.29, 0.717) is 5.82 Å². The van der Waals surface area contributed by atoms with Gasteiger partial charge < -0.3 is 20.5 Å². The van der Waals surface area contributed by atoms with Crippen molar-refractivity contribution in [3.05, 3.63) is 59.3 Å². The first kappa shape index (κ1) is 23.7. The van der Waals surface area contributed by atoms with Gasteiger partial charge >= 0.3 is 12.1 Å². The van der Waals surface area contributed by atoms with Crippen molar-refractivity contribution in [3.63, 3.8) is 0 Å². The molecule has 0 saturated carbocycles. The Bertz CT molecular complexity index is 956. The van der Waals surface area contributed by atoms with E-state index < -0.39 is 23.7 Å². The Morgan fingerprint density at radius 3 is 2.58 bits per heavy atom. The maximum absolute atomic E-state index is 12.6. The summed E-state index contributed by atoms with van der Waals surface area (Å²) >= 11 is 0. The lowest BCUT2D eigenvalue weighted by Crippen LogP contribution is -2.44. The standard InChI is InChI=1S/C24H29N3O4/c1-5-18-14-21(25)26-15-19(18)12-9-13-20(27-23(29)31-24(2,3)4)22(28)30-16-17-10-7-6-8-11-17/h6-8,10-11,14-15,20H,5,13,16H2,1-4H3,(H2,25,26)(H,27,29). The van der Waals surface area contributed by atoms with Crippen LogP contribution >= 0.6 is 0 Å². The van der Waals surface area contributed by atoms with Gasteiger partial charge in [-0.2, -0.15) is 0 Å². The van der Waals surface area contributed by atoms with E-state index in [1.165, 1.54) is 0 Å². The minimum atomic E-state index is -0.974. The zero-order chi connectivity index (χ0) is 22.9. The van der Waals surface area contributed by atoms with Crippen LogP contribution in [0.2, 0.25) is 0 Å². The molecule has 1 aromatic carbocycles. The Labute approximate surface area is 183 Å². The number of hydrogen-bond acceptors (Lipinski definition) is 6. The number of alkyl carbamates (subject to hydrolysis) is 1. The van der Waals surface area contributed by atoms with Gasteiger partial charge in [-0.3, -0.25) is 0 Å². The molecule has 1 heterocycles. The minimum Gasteiger partial charge on any atom is -0.459 e. The van der Waals surface area contributed by atoms with E-state index >= 15 is 0 Å². The van der Waals surface area contributed by atoms with Crippen LogP contribution in [-0.2, 0) is 27.3 Å². The first-order chi connectivity index (χ1) is 14.7. The molecule has 7 nitrogen and oxygen atoms in total. The molecule has 1 atom stereocenters. The molecule has 1 aromatic heterocycles. The van der Waals surface area contributed by atoms with Crippen LogP contribution < -0.4 is 11.1 Å². The summed E-state index contributed by atoms with van der Waals surface area (Å²) in [7, 11) is 0. The van der Waals surface area contributed by atoms with E-state index in [9.17, 15) is 9.59 Å². The number of ether oxygens (including phenoxy) is 2. The van der Waals surface area contributed by atoms with Gasteiger partial charge in [0, 0.05) is 18.2 Å². The number of benzene rings is 1. The van der Waals surface area contributed by atoms with Crippen LogP contribution in [0.5, 0.6) is 0 Å². The van der Waals surface area contributed by atoms with Crippen molar-refractivity contribution in [2.24, 2.45) is 0 Å². The third kappa shape index (κ3) is 8.39. The molecular formula is C24H29N3O4. The number of anilines is 1. The highest BCUT2D eigenvalue weighted by Crippen LogP contribution is 2.11. The molecule has 0 saturated heterocycles. The van der Waals surface area contributed by atoms with E-state index in [4.69, 9.17) is 15.2 Å². The Morgan fingerprint density at radius 2 is 1.94 bits per heavy atom. The van der Waals surface area contributed by atoms with Crippen LogP contribution in [0, 0.1) is 11.8 Å². The van der Waals surface area contributed by atoms with Gasteiger partial charge in [0.25, 0.3) is 0 Å². The van der Waals surface area contributed by atoms with Crippen LogP contribution in [0.25, 0.3) is 0 Å². The number of amides is 1. The van der Waals surface area contributed by atoms with Crippen molar-refractivity contribution in [1.29, 1.82) is 0 Å². The zero-order valence-electron chi connectivity index (χ0n) is 18.4. The lowest BCUT2D eigenvalue weighted by Gasteiger charge is -2.22. The molecule has 31 heavy (non-hydrogen) atoms. The van der Waals surface area contributed by atoms with Crippen molar-refractivity contribution in [2.45, 2.75) is 58.8 Å². The first-order valence-electron chi connectivity index (χ1n) is 10.1. The number of aromatic nitrogens is 1. The fourth-order valence-electron chi connectivity index (χ4n) is 2.64. The predicted octanol–water partition coefficient (Wildman–Crippen LogP) is 3.60. The van der Waals surface area contributed by atoms with E-state index in [1.54, 1.807) is 33.0 Å². The quantitative estimate of drug-likeness (QED) is 0.543. The van der Waals surface area contributed by atoms with Crippen molar-refractivity contribution in [3.8, 4) is 11.8 Å². The number of esters is 1. The summed E-state index contributed by atoms with van der Waals surface area (Å²) < 4.78 is 10.6. The first-order valence-corrected chi connectivity index (χ1v) is 10.1. The molecule has 1 amide bonds. The highest BCUT2D eigenvalue weighted by atomic mass is 16.6. The molecule has 2 rings (SSSR count). The number of nitrogens with two attached hydrogens (primary N) is 1. The smallest absolute Gasteiger partial charge is 0.408 e. The van der Waals surface area contributed by atoms with E-state index in [0.717, 1.165) is 23.1 Å². The second-order valence-corrected chi connectivity index (χ2v) is 7.92. The predicted molar refractivity (Wildman–Crippen MR) is 119 cm³/mol. The highest BCUT2D eigenvalue weighted by Gasteiger charge is 2.25. The minimum absolute atomic E-state index is 0.0559. The third-order valence-corrected chi connectivity index (χ3v) is 4.12. The van der Waals surface area contributed by atoms with Crippen LogP contribution in [0.1, 0.15) is 50.8 Å². The van der Waals surface area contributed by atoms with Crippen LogP contribution in [0.15, 0.2) is 42.6 Å². The van der Waals surface area contributed by atoms with E-state index in [2.05, 4.69) is 22.1 Å². The van der Waals surface area contributed by atoms with Crippen molar-refractivity contribution >= 4 is 17.9 Å². The molecule has 7 heteroatoms. The van der Waals surface area contributed by atoms with Gasteiger partial charge in [0.2, 0.25) is 0 Å². The Kier molecular flexibility index (Phi) is 8.44. The molecule has 1 unspecified atom stereocenters. The number of carbonyl (C=O) groups is 2. The number of nitrogens with one attached hydrogen (secondary N) is 1. The maximum Gasteiger partial charge on any atom is 0.408 e. The Balaban J connectivity index is 2.11. The summed E-state index contributed by atoms with van der Waals surface area (Å²) in [6, 6.07) is 10.1. The summed E-state index contributed by atoms with van der Waals surface area (Å²) in [5.41, 5.74) is 7.56. The lowest BCUT2D eigenvalue weighted by molar-refractivity contribution is -0.147. The number of nitrogens with zero attached hydrogens (tertiary/aromatic N) is 1. The van der Waals surface area contributed by atoms with Gasteiger partial charge in [0.15, 0.2) is 0 Å². The molecule has 0 radical (unpaired) electrons. The second-order valence-electron chi connectivity index (χ2n) is 7.92. The molecule has 0 spiro atoms. The SMILES string of the molecule is CCc1cc(N)ncc1C#CCC(NC(=O)OC(C)(C)C)C(=O)OCc1ccccc1. The van der Waals surface area contributed by atoms with Crippen molar-refractivity contribution in [2.75, 3.05) is 5.73 Å². The average molecular weight is 424 g/mol. The van der Waals surface area contributed by atoms with Gasteiger partial charge in [-0.05, 0) is 44.4 Å². The summed E-state index contributed by atoms with van der Waals surface area (Å²) in [4.78, 5) is 28.9.